The smallest absolute Gasteiger partial charge is 0.416 e. The Hall–Kier alpha value is -3.84. The normalized spacial score (nSPS) is 15.4. The average molecular weight is 563 g/mol. The number of benzene rings is 3. The van der Waals surface area contributed by atoms with Gasteiger partial charge in [0.15, 0.2) is 11.6 Å². The maximum absolute atomic E-state index is 14.8. The van der Waals surface area contributed by atoms with Crippen LogP contribution in [0.15, 0.2) is 48.5 Å². The number of rotatable bonds is 7. The Morgan fingerprint density at radius 1 is 1.00 bits per heavy atom. The van der Waals surface area contributed by atoms with Crippen LogP contribution in [0.3, 0.4) is 0 Å². The van der Waals surface area contributed by atoms with Crippen LogP contribution in [0, 0.1) is 17.1 Å². The van der Waals surface area contributed by atoms with Crippen molar-refractivity contribution in [3.8, 4) is 23.3 Å². The highest BCUT2D eigenvalue weighted by Crippen LogP contribution is 2.38. The summed E-state index contributed by atoms with van der Waals surface area (Å²) < 4.78 is 65.2. The molecule has 0 spiro atoms. The summed E-state index contributed by atoms with van der Waals surface area (Å²) in [6.07, 6.45) is -2.34. The monoisotopic (exact) mass is 562 g/mol. The van der Waals surface area contributed by atoms with Crippen molar-refractivity contribution in [1.29, 1.82) is 5.26 Å². The SMILES string of the molecule is CCC(=O)C(C#N)(Oc1cc(Oc2ccc3cc(C(F)(F)F)ccc3c2)c(F)cc1Cl)C(=O)N1CCCCC1. The molecule has 1 aliphatic heterocycles. The zero-order valence-corrected chi connectivity index (χ0v) is 21.5. The fourth-order valence-corrected chi connectivity index (χ4v) is 4.53. The summed E-state index contributed by atoms with van der Waals surface area (Å²) in [5, 5.41) is 10.4. The zero-order chi connectivity index (χ0) is 28.4. The predicted molar refractivity (Wildman–Crippen MR) is 135 cm³/mol. The van der Waals surface area contributed by atoms with E-state index in [0.717, 1.165) is 30.7 Å². The van der Waals surface area contributed by atoms with Gasteiger partial charge in [0, 0.05) is 31.6 Å². The first kappa shape index (κ1) is 28.2. The number of nitrogens with zero attached hydrogens (tertiary/aromatic N) is 2. The minimum Gasteiger partial charge on any atom is -0.455 e. The molecule has 204 valence electrons. The van der Waals surface area contributed by atoms with Gasteiger partial charge >= 0.3 is 11.8 Å². The van der Waals surface area contributed by atoms with Crippen molar-refractivity contribution >= 4 is 34.1 Å². The maximum atomic E-state index is 14.8. The van der Waals surface area contributed by atoms with Gasteiger partial charge in [-0.15, -0.1) is 0 Å². The maximum Gasteiger partial charge on any atom is 0.416 e. The van der Waals surface area contributed by atoms with Gasteiger partial charge in [0.2, 0.25) is 5.78 Å². The summed E-state index contributed by atoms with van der Waals surface area (Å²) >= 11 is 6.18. The Kier molecular flexibility index (Phi) is 8.02. The van der Waals surface area contributed by atoms with Gasteiger partial charge in [0.1, 0.15) is 17.6 Å². The van der Waals surface area contributed by atoms with E-state index in [4.69, 9.17) is 21.1 Å². The van der Waals surface area contributed by atoms with Gasteiger partial charge in [-0.25, -0.2) is 4.39 Å². The molecule has 0 aromatic heterocycles. The lowest BCUT2D eigenvalue weighted by Gasteiger charge is -2.34. The third-order valence-corrected chi connectivity index (χ3v) is 6.73. The van der Waals surface area contributed by atoms with Crippen LogP contribution >= 0.6 is 11.6 Å². The van der Waals surface area contributed by atoms with Crippen LogP contribution < -0.4 is 9.47 Å². The van der Waals surface area contributed by atoms with Crippen molar-refractivity contribution in [1.82, 2.24) is 4.90 Å². The molecule has 0 bridgehead atoms. The van der Waals surface area contributed by atoms with Crippen LogP contribution in [0.4, 0.5) is 17.6 Å². The van der Waals surface area contributed by atoms with Crippen LogP contribution in [0.25, 0.3) is 10.8 Å². The van der Waals surface area contributed by atoms with E-state index < -0.39 is 40.6 Å². The summed E-state index contributed by atoms with van der Waals surface area (Å²) in [7, 11) is 0. The van der Waals surface area contributed by atoms with Crippen LogP contribution in [0.1, 0.15) is 38.2 Å². The summed E-state index contributed by atoms with van der Waals surface area (Å²) in [5.74, 6) is -3.13. The quantitative estimate of drug-likeness (QED) is 0.227. The van der Waals surface area contributed by atoms with Gasteiger partial charge in [0.05, 0.1) is 10.6 Å². The first-order valence-electron chi connectivity index (χ1n) is 12.2. The lowest BCUT2D eigenvalue weighted by atomic mass is 9.94. The number of ketones is 1. The number of likely N-dealkylation sites (tertiary alicyclic amines) is 1. The van der Waals surface area contributed by atoms with Crippen LogP contribution in [-0.4, -0.2) is 35.3 Å². The number of amides is 1. The van der Waals surface area contributed by atoms with Crippen molar-refractivity contribution in [2.24, 2.45) is 0 Å². The fourth-order valence-electron chi connectivity index (χ4n) is 4.34. The van der Waals surface area contributed by atoms with Gasteiger partial charge < -0.3 is 14.4 Å². The van der Waals surface area contributed by atoms with Gasteiger partial charge in [-0.1, -0.05) is 30.7 Å². The molecule has 1 saturated heterocycles. The van der Waals surface area contributed by atoms with E-state index >= 15 is 0 Å². The molecule has 1 fully saturated rings. The van der Waals surface area contributed by atoms with Crippen molar-refractivity contribution in [3.63, 3.8) is 0 Å². The number of carbonyl (C=O) groups excluding carboxylic acids is 2. The predicted octanol–water partition coefficient (Wildman–Crippen LogP) is 7.08. The molecule has 3 aromatic carbocycles. The molecule has 11 heteroatoms. The number of alkyl halides is 3. The number of carbonyl (C=O) groups is 2. The molecule has 0 aliphatic carbocycles. The van der Waals surface area contributed by atoms with Crippen molar-refractivity contribution in [2.45, 2.75) is 44.4 Å². The molecule has 39 heavy (non-hydrogen) atoms. The highest BCUT2D eigenvalue weighted by molar-refractivity contribution is 6.32. The number of hydrogen-bond acceptors (Lipinski definition) is 5. The van der Waals surface area contributed by atoms with Crippen LogP contribution in [0.2, 0.25) is 5.02 Å². The number of fused-ring (bicyclic) bond motifs is 1. The molecular weight excluding hydrogens is 540 g/mol. The minimum absolute atomic E-state index is 0.0926. The van der Waals surface area contributed by atoms with E-state index in [0.29, 0.717) is 36.7 Å². The van der Waals surface area contributed by atoms with Crippen LogP contribution in [-0.2, 0) is 15.8 Å². The molecule has 3 aromatic rings. The topological polar surface area (TPSA) is 79.6 Å². The summed E-state index contributed by atoms with van der Waals surface area (Å²) in [6, 6.07) is 10.9. The Morgan fingerprint density at radius 3 is 2.31 bits per heavy atom. The molecule has 0 N–H and O–H groups in total. The molecule has 1 amide bonds. The molecule has 1 aliphatic rings. The van der Waals surface area contributed by atoms with Crippen molar-refractivity contribution < 1.29 is 36.6 Å². The zero-order valence-electron chi connectivity index (χ0n) is 20.8. The summed E-state index contributed by atoms with van der Waals surface area (Å²) in [5.41, 5.74) is -3.33. The number of hydrogen-bond donors (Lipinski definition) is 0. The third-order valence-electron chi connectivity index (χ3n) is 6.43. The van der Waals surface area contributed by atoms with Crippen LogP contribution in [0.5, 0.6) is 17.2 Å². The highest BCUT2D eigenvalue weighted by Gasteiger charge is 2.51. The first-order valence-corrected chi connectivity index (χ1v) is 12.6. The fraction of sp³-hybridized carbons (Fsp3) is 0.321. The lowest BCUT2D eigenvalue weighted by Crippen LogP contribution is -2.58. The van der Waals surface area contributed by atoms with Gasteiger partial charge in [-0.2, -0.15) is 18.4 Å². The number of nitriles is 1. The van der Waals surface area contributed by atoms with Gasteiger partial charge in [0.25, 0.3) is 5.91 Å². The Balaban J connectivity index is 1.67. The lowest BCUT2D eigenvalue weighted by molar-refractivity contribution is -0.152. The van der Waals surface area contributed by atoms with Gasteiger partial charge in [-0.3, -0.25) is 9.59 Å². The highest BCUT2D eigenvalue weighted by atomic mass is 35.5. The standard InChI is InChI=1S/C28H23ClF4N2O4/c1-2-25(36)27(16-34,26(37)35-10-4-3-5-11-35)39-23-15-24(22(30)14-21(23)29)38-20-9-7-17-12-19(28(31,32)33)8-6-18(17)13-20/h6-9,12-15H,2-5,10-11H2,1H3. The third kappa shape index (κ3) is 5.78. The largest absolute Gasteiger partial charge is 0.455 e. The number of piperidine rings is 1. The number of ether oxygens (including phenoxy) is 2. The second kappa shape index (κ2) is 11.1. The number of Topliss-reactive ketones (excluding diaryl/α,β-unsaturated/α-hetero) is 1. The summed E-state index contributed by atoms with van der Waals surface area (Å²) in [6.45, 7) is 2.21. The molecule has 0 saturated carbocycles. The molecule has 6 nitrogen and oxygen atoms in total. The molecular formula is C28H23ClF4N2O4. The second-order valence-electron chi connectivity index (χ2n) is 9.06. The Morgan fingerprint density at radius 2 is 1.67 bits per heavy atom. The molecule has 0 radical (unpaired) electrons. The number of halogens is 5. The van der Waals surface area contributed by atoms with E-state index in [9.17, 15) is 32.4 Å². The molecule has 1 atom stereocenters. The van der Waals surface area contributed by atoms with Crippen molar-refractivity contribution in [2.75, 3.05) is 13.1 Å². The second-order valence-corrected chi connectivity index (χ2v) is 9.47. The van der Waals surface area contributed by atoms with Gasteiger partial charge in [-0.05, 0) is 54.3 Å². The first-order chi connectivity index (χ1) is 18.5. The van der Waals surface area contributed by atoms with Crippen molar-refractivity contribution in [3.05, 3.63) is 64.9 Å². The van der Waals surface area contributed by atoms with E-state index in [1.165, 1.54) is 36.1 Å². The van der Waals surface area contributed by atoms with E-state index in [1.807, 2.05) is 0 Å². The average Bonchev–Trinajstić information content (AvgIpc) is 2.92. The van der Waals surface area contributed by atoms with E-state index in [-0.39, 0.29) is 22.9 Å². The summed E-state index contributed by atoms with van der Waals surface area (Å²) in [4.78, 5) is 27.7. The van der Waals surface area contributed by atoms with E-state index in [2.05, 4.69) is 0 Å². The molecule has 1 heterocycles. The molecule has 4 rings (SSSR count). The van der Waals surface area contributed by atoms with E-state index in [1.54, 1.807) is 6.07 Å². The Bertz CT molecular complexity index is 1460. The minimum atomic E-state index is -4.50. The molecule has 1 unspecified atom stereocenters. The Labute approximate surface area is 226 Å².